The quantitative estimate of drug-likeness (QED) is 0.672. The predicted octanol–water partition coefficient (Wildman–Crippen LogP) is 3.06. The van der Waals surface area contributed by atoms with Crippen molar-refractivity contribution in [3.63, 3.8) is 0 Å². The molecule has 2 rings (SSSR count). The molecule has 0 amide bonds. The van der Waals surface area contributed by atoms with Gasteiger partial charge in [0.15, 0.2) is 0 Å². The second-order valence-corrected chi connectivity index (χ2v) is 3.69. The Morgan fingerprint density at radius 1 is 1.32 bits per heavy atom. The van der Waals surface area contributed by atoms with E-state index in [9.17, 15) is 14.9 Å². The molecular formula is C13H9NO5. The van der Waals surface area contributed by atoms with E-state index >= 15 is 0 Å². The summed E-state index contributed by atoms with van der Waals surface area (Å²) in [5.41, 5.74) is -0.248. The third kappa shape index (κ3) is 2.86. The van der Waals surface area contributed by atoms with Crippen LogP contribution in [-0.2, 0) is 0 Å². The molecule has 0 aliphatic heterocycles. The molecule has 0 bridgehead atoms. The van der Waals surface area contributed by atoms with Crippen LogP contribution in [0.15, 0.2) is 41.0 Å². The van der Waals surface area contributed by atoms with Gasteiger partial charge in [-0.25, -0.2) is 4.79 Å². The Labute approximate surface area is 107 Å². The number of nitrogens with zero attached hydrogens (tertiary/aromatic N) is 1. The molecule has 2 aromatic rings. The van der Waals surface area contributed by atoms with Crippen molar-refractivity contribution in [2.24, 2.45) is 0 Å². The third-order valence-corrected chi connectivity index (χ3v) is 2.43. The fourth-order valence-electron chi connectivity index (χ4n) is 1.55. The van der Waals surface area contributed by atoms with Crippen molar-refractivity contribution in [1.29, 1.82) is 0 Å². The van der Waals surface area contributed by atoms with Gasteiger partial charge < -0.3 is 9.52 Å². The summed E-state index contributed by atoms with van der Waals surface area (Å²) in [4.78, 5) is 20.9. The van der Waals surface area contributed by atoms with Crippen LogP contribution in [0.1, 0.15) is 21.7 Å². The fourth-order valence-corrected chi connectivity index (χ4v) is 1.55. The molecule has 1 aromatic heterocycles. The molecule has 1 heterocycles. The molecule has 19 heavy (non-hydrogen) atoms. The summed E-state index contributed by atoms with van der Waals surface area (Å²) in [5, 5.41) is 19.7. The molecule has 0 fully saturated rings. The van der Waals surface area contributed by atoms with E-state index in [1.54, 1.807) is 24.3 Å². The summed E-state index contributed by atoms with van der Waals surface area (Å²) in [6, 6.07) is 7.37. The maximum atomic E-state index is 10.8. The number of aromatic carboxylic acids is 1. The minimum atomic E-state index is -1.33. The Bertz CT molecular complexity index is 643. The first kappa shape index (κ1) is 12.6. The van der Waals surface area contributed by atoms with E-state index < -0.39 is 16.6 Å². The van der Waals surface area contributed by atoms with Gasteiger partial charge in [0.25, 0.3) is 5.69 Å². The van der Waals surface area contributed by atoms with Gasteiger partial charge in [-0.1, -0.05) is 12.1 Å². The molecule has 6 nitrogen and oxygen atoms in total. The lowest BCUT2D eigenvalue weighted by Gasteiger charge is -1.99. The lowest BCUT2D eigenvalue weighted by atomic mass is 10.1. The van der Waals surface area contributed by atoms with Gasteiger partial charge in [-0.15, -0.1) is 0 Å². The highest BCUT2D eigenvalue weighted by Crippen LogP contribution is 2.21. The number of hydrogen-bond acceptors (Lipinski definition) is 4. The number of nitro groups is 1. The van der Waals surface area contributed by atoms with Crippen LogP contribution in [0.3, 0.4) is 0 Å². The zero-order valence-electron chi connectivity index (χ0n) is 9.65. The zero-order chi connectivity index (χ0) is 13.8. The SMILES string of the molecule is O=C(O)c1ccc(C=Cc2ccco2)cc1[N+](=O)[O-]. The first-order chi connectivity index (χ1) is 9.08. The Balaban J connectivity index is 2.36. The summed E-state index contributed by atoms with van der Waals surface area (Å²) in [6.07, 6.45) is 4.76. The smallest absolute Gasteiger partial charge is 0.342 e. The summed E-state index contributed by atoms with van der Waals surface area (Å²) in [7, 11) is 0. The first-order valence-electron chi connectivity index (χ1n) is 5.31. The largest absolute Gasteiger partial charge is 0.477 e. The maximum absolute atomic E-state index is 10.8. The van der Waals surface area contributed by atoms with Gasteiger partial charge in [0.05, 0.1) is 11.2 Å². The predicted molar refractivity (Wildman–Crippen MR) is 67.7 cm³/mol. The van der Waals surface area contributed by atoms with Crippen molar-refractivity contribution in [3.8, 4) is 0 Å². The number of carboxylic acids is 1. The van der Waals surface area contributed by atoms with Crippen LogP contribution < -0.4 is 0 Å². The second kappa shape index (κ2) is 5.18. The van der Waals surface area contributed by atoms with Crippen LogP contribution in [0, 0.1) is 10.1 Å². The fraction of sp³-hybridized carbons (Fsp3) is 0. The molecule has 0 aliphatic carbocycles. The van der Waals surface area contributed by atoms with E-state index in [1.165, 1.54) is 24.5 Å². The molecular weight excluding hydrogens is 250 g/mol. The summed E-state index contributed by atoms with van der Waals surface area (Å²) >= 11 is 0. The molecule has 1 aromatic carbocycles. The van der Waals surface area contributed by atoms with E-state index in [0.717, 1.165) is 0 Å². The van der Waals surface area contributed by atoms with Gasteiger partial charge in [-0.2, -0.15) is 0 Å². The van der Waals surface area contributed by atoms with E-state index in [4.69, 9.17) is 9.52 Å². The van der Waals surface area contributed by atoms with Gasteiger partial charge in [-0.3, -0.25) is 10.1 Å². The summed E-state index contributed by atoms with van der Waals surface area (Å²) < 4.78 is 5.08. The van der Waals surface area contributed by atoms with Gasteiger partial charge in [0.1, 0.15) is 11.3 Å². The number of furan rings is 1. The number of benzene rings is 1. The van der Waals surface area contributed by atoms with Crippen molar-refractivity contribution >= 4 is 23.8 Å². The standard InChI is InChI=1S/C13H9NO5/c15-13(16)11-6-4-9(8-12(11)14(17)18)3-5-10-2-1-7-19-10/h1-8H,(H,15,16). The Hall–Kier alpha value is -2.89. The molecule has 0 unspecified atom stereocenters. The zero-order valence-corrected chi connectivity index (χ0v) is 9.65. The van der Waals surface area contributed by atoms with Crippen LogP contribution in [0.25, 0.3) is 12.2 Å². The summed E-state index contributed by atoms with van der Waals surface area (Å²) in [6.45, 7) is 0. The van der Waals surface area contributed by atoms with Crippen molar-refractivity contribution in [2.45, 2.75) is 0 Å². The van der Waals surface area contributed by atoms with Crippen molar-refractivity contribution in [2.75, 3.05) is 0 Å². The highest BCUT2D eigenvalue weighted by atomic mass is 16.6. The molecule has 0 spiro atoms. The molecule has 1 N–H and O–H groups in total. The number of hydrogen-bond donors (Lipinski definition) is 1. The number of nitro benzene ring substituents is 1. The average molecular weight is 259 g/mol. The van der Waals surface area contributed by atoms with Crippen LogP contribution in [0.5, 0.6) is 0 Å². The normalized spacial score (nSPS) is 10.7. The lowest BCUT2D eigenvalue weighted by molar-refractivity contribution is -0.385. The van der Waals surface area contributed by atoms with Gasteiger partial charge >= 0.3 is 5.97 Å². The number of carboxylic acid groups (broad SMARTS) is 1. The number of rotatable bonds is 4. The van der Waals surface area contributed by atoms with Crippen molar-refractivity contribution < 1.29 is 19.2 Å². The molecule has 6 heteroatoms. The molecule has 96 valence electrons. The molecule has 0 radical (unpaired) electrons. The Morgan fingerprint density at radius 3 is 2.68 bits per heavy atom. The van der Waals surface area contributed by atoms with E-state index in [-0.39, 0.29) is 5.56 Å². The van der Waals surface area contributed by atoms with Crippen molar-refractivity contribution in [1.82, 2.24) is 0 Å². The van der Waals surface area contributed by atoms with Crippen LogP contribution in [0.2, 0.25) is 0 Å². The second-order valence-electron chi connectivity index (χ2n) is 3.69. The highest BCUT2D eigenvalue weighted by molar-refractivity contribution is 5.93. The third-order valence-electron chi connectivity index (χ3n) is 2.43. The highest BCUT2D eigenvalue weighted by Gasteiger charge is 2.19. The van der Waals surface area contributed by atoms with E-state index in [0.29, 0.717) is 11.3 Å². The van der Waals surface area contributed by atoms with Crippen LogP contribution in [0.4, 0.5) is 5.69 Å². The maximum Gasteiger partial charge on any atom is 0.342 e. The Kier molecular flexibility index (Phi) is 3.42. The minimum Gasteiger partial charge on any atom is -0.477 e. The number of carbonyl (C=O) groups is 1. The van der Waals surface area contributed by atoms with E-state index in [2.05, 4.69) is 0 Å². The van der Waals surface area contributed by atoms with Crippen LogP contribution in [-0.4, -0.2) is 16.0 Å². The summed E-state index contributed by atoms with van der Waals surface area (Å²) in [5.74, 6) is -0.724. The van der Waals surface area contributed by atoms with Gasteiger partial charge in [0.2, 0.25) is 0 Å². The average Bonchev–Trinajstić information content (AvgIpc) is 2.88. The minimum absolute atomic E-state index is 0.333. The topological polar surface area (TPSA) is 93.6 Å². The van der Waals surface area contributed by atoms with E-state index in [1.807, 2.05) is 0 Å². The molecule has 0 saturated carbocycles. The molecule has 0 atom stereocenters. The first-order valence-corrected chi connectivity index (χ1v) is 5.31. The van der Waals surface area contributed by atoms with Gasteiger partial charge in [-0.05, 0) is 29.8 Å². The van der Waals surface area contributed by atoms with Gasteiger partial charge in [0, 0.05) is 6.07 Å². The monoisotopic (exact) mass is 259 g/mol. The van der Waals surface area contributed by atoms with Crippen LogP contribution >= 0.6 is 0 Å². The molecule has 0 saturated heterocycles. The molecule has 0 aliphatic rings. The Morgan fingerprint density at radius 2 is 2.11 bits per heavy atom. The lowest BCUT2D eigenvalue weighted by Crippen LogP contribution is -2.02. The van der Waals surface area contributed by atoms with Crippen molar-refractivity contribution in [3.05, 3.63) is 63.6 Å².